The molecule has 0 amide bonds. The number of aliphatic hydroxyl groups excluding tert-OH is 2. The quantitative estimate of drug-likeness (QED) is 0.342. The van der Waals surface area contributed by atoms with Crippen LogP contribution in [-0.4, -0.2) is 89.9 Å². The standard InChI is InChI=1S/C14H24N2O7.3ClH/c1-5-4-6(17)14(20)13(21-5)22-12-10(19)7(15-2)9(18)8(16-3)11(12)23-14;;;/h5,7-13,15-16,18-20H,4H2,1-3H3;3*1H/t5-,7-,8+,9+,10+,11-,12-,13+,14+;;;/m1.../s1. The number of carbonyl (C=O) groups is 1. The van der Waals surface area contributed by atoms with Crippen LogP contribution in [0.4, 0.5) is 0 Å². The van der Waals surface area contributed by atoms with E-state index in [0.29, 0.717) is 0 Å². The van der Waals surface area contributed by atoms with Crippen LogP contribution in [0.25, 0.3) is 0 Å². The molecule has 1 aliphatic carbocycles. The summed E-state index contributed by atoms with van der Waals surface area (Å²) < 4.78 is 16.8. The van der Waals surface area contributed by atoms with Gasteiger partial charge in [0.1, 0.15) is 18.3 Å². The summed E-state index contributed by atoms with van der Waals surface area (Å²) in [4.78, 5) is 12.2. The lowest BCUT2D eigenvalue weighted by molar-refractivity contribution is -0.420. The van der Waals surface area contributed by atoms with E-state index in [9.17, 15) is 20.1 Å². The molecule has 156 valence electrons. The van der Waals surface area contributed by atoms with Crippen LogP contribution in [0.3, 0.4) is 0 Å². The first-order valence-corrected chi connectivity index (χ1v) is 7.78. The zero-order valence-corrected chi connectivity index (χ0v) is 17.0. The molecule has 9 nitrogen and oxygen atoms in total. The molecule has 5 N–H and O–H groups in total. The van der Waals surface area contributed by atoms with Gasteiger partial charge in [-0.3, -0.25) is 4.79 Å². The van der Waals surface area contributed by atoms with Gasteiger partial charge >= 0.3 is 0 Å². The van der Waals surface area contributed by atoms with Gasteiger partial charge in [-0.1, -0.05) is 0 Å². The van der Waals surface area contributed by atoms with Crippen LogP contribution in [-0.2, 0) is 19.0 Å². The van der Waals surface area contributed by atoms with Gasteiger partial charge in [-0.25, -0.2) is 0 Å². The lowest BCUT2D eigenvalue weighted by Gasteiger charge is -2.55. The van der Waals surface area contributed by atoms with E-state index >= 15 is 0 Å². The first kappa shape index (κ1) is 26.2. The van der Waals surface area contributed by atoms with Crippen LogP contribution in [0, 0.1) is 0 Å². The fourth-order valence-corrected chi connectivity index (χ4v) is 3.68. The minimum absolute atomic E-state index is 0. The van der Waals surface area contributed by atoms with Gasteiger partial charge < -0.3 is 40.2 Å². The van der Waals surface area contributed by atoms with Crippen LogP contribution < -0.4 is 10.6 Å². The van der Waals surface area contributed by atoms with Crippen molar-refractivity contribution in [2.24, 2.45) is 0 Å². The Morgan fingerprint density at radius 3 is 2.12 bits per heavy atom. The summed E-state index contributed by atoms with van der Waals surface area (Å²) in [5.74, 6) is -2.76. The van der Waals surface area contributed by atoms with Crippen molar-refractivity contribution in [2.75, 3.05) is 14.1 Å². The number of fused-ring (bicyclic) bond motifs is 2. The summed E-state index contributed by atoms with van der Waals surface area (Å²) in [6.45, 7) is 1.70. The number of hydrogen-bond acceptors (Lipinski definition) is 9. The van der Waals surface area contributed by atoms with Gasteiger partial charge in [0.2, 0.25) is 6.29 Å². The first-order chi connectivity index (χ1) is 10.8. The highest BCUT2D eigenvalue weighted by Gasteiger charge is 2.63. The molecule has 0 bridgehead atoms. The Morgan fingerprint density at radius 2 is 1.58 bits per heavy atom. The zero-order chi connectivity index (χ0) is 16.9. The molecule has 2 heterocycles. The minimum Gasteiger partial charge on any atom is -0.390 e. The molecule has 0 spiro atoms. The number of ether oxygens (including phenoxy) is 3. The Hall–Kier alpha value is 0.220. The molecule has 3 aliphatic rings. The molecule has 0 radical (unpaired) electrons. The number of Topliss-reactive ketones (excluding diaryl/α,β-unsaturated/α-hetero) is 1. The van der Waals surface area contributed by atoms with E-state index in [1.54, 1.807) is 21.0 Å². The highest BCUT2D eigenvalue weighted by atomic mass is 35.5. The number of likely N-dealkylation sites (N-methyl/N-ethyl adjacent to an activating group) is 2. The third-order valence-corrected chi connectivity index (χ3v) is 4.93. The fourth-order valence-electron chi connectivity index (χ4n) is 3.68. The number of carbonyl (C=O) groups excluding carboxylic acids is 1. The van der Waals surface area contributed by atoms with Crippen molar-refractivity contribution in [1.29, 1.82) is 0 Å². The molecule has 2 aliphatic heterocycles. The predicted octanol–water partition coefficient (Wildman–Crippen LogP) is -1.66. The van der Waals surface area contributed by atoms with Crippen molar-refractivity contribution >= 4 is 43.0 Å². The van der Waals surface area contributed by atoms with Gasteiger partial charge in [-0.15, -0.1) is 37.2 Å². The number of hydrogen-bond donors (Lipinski definition) is 5. The SMILES string of the molecule is CN[C@@H]1[C@H](O)[C@H](NC)[C@H]2O[C@@]3(O)C(=O)C[C@@H](C)O[C@H]3O[C@@H]2[C@H]1O.Cl.Cl.Cl. The zero-order valence-electron chi connectivity index (χ0n) is 14.5. The Bertz CT molecular complexity index is 491. The Kier molecular flexibility index (Phi) is 9.70. The van der Waals surface area contributed by atoms with Crippen LogP contribution in [0.1, 0.15) is 13.3 Å². The lowest BCUT2D eigenvalue weighted by Crippen LogP contribution is -2.77. The van der Waals surface area contributed by atoms with E-state index in [0.717, 1.165) is 0 Å². The Labute approximate surface area is 170 Å². The number of nitrogens with one attached hydrogen (secondary N) is 2. The number of aliphatic hydroxyl groups is 3. The van der Waals surface area contributed by atoms with Crippen LogP contribution in [0.15, 0.2) is 0 Å². The number of rotatable bonds is 2. The summed E-state index contributed by atoms with van der Waals surface area (Å²) >= 11 is 0. The van der Waals surface area contributed by atoms with Crippen LogP contribution in [0.2, 0.25) is 0 Å². The molecule has 3 fully saturated rings. The summed E-state index contributed by atoms with van der Waals surface area (Å²) in [5, 5.41) is 37.2. The molecule has 0 aromatic carbocycles. The molecule has 2 saturated heterocycles. The van der Waals surface area contributed by atoms with Gasteiger partial charge in [0.15, 0.2) is 5.78 Å². The molecular formula is C14H27Cl3N2O7. The van der Waals surface area contributed by atoms with E-state index < -0.39 is 60.5 Å². The van der Waals surface area contributed by atoms with Crippen molar-refractivity contribution in [1.82, 2.24) is 10.6 Å². The van der Waals surface area contributed by atoms with Gasteiger partial charge in [-0.2, -0.15) is 0 Å². The molecule has 0 aromatic rings. The first-order valence-electron chi connectivity index (χ1n) is 7.78. The number of halogens is 3. The molecule has 0 aromatic heterocycles. The topological polar surface area (TPSA) is 130 Å². The van der Waals surface area contributed by atoms with Crippen molar-refractivity contribution in [3.8, 4) is 0 Å². The Balaban J connectivity index is 0.00000208. The lowest BCUT2D eigenvalue weighted by atomic mass is 9.80. The minimum atomic E-state index is -2.23. The summed E-state index contributed by atoms with van der Waals surface area (Å²) in [6, 6.07) is -1.29. The third kappa shape index (κ3) is 3.99. The monoisotopic (exact) mass is 440 g/mol. The highest BCUT2D eigenvalue weighted by Crippen LogP contribution is 2.40. The maximum Gasteiger partial charge on any atom is 0.280 e. The summed E-state index contributed by atoms with van der Waals surface area (Å²) in [5.41, 5.74) is 0. The van der Waals surface area contributed by atoms with Gasteiger partial charge in [0, 0.05) is 6.42 Å². The molecule has 26 heavy (non-hydrogen) atoms. The third-order valence-electron chi connectivity index (χ3n) is 4.93. The molecule has 3 rings (SSSR count). The smallest absolute Gasteiger partial charge is 0.280 e. The molecular weight excluding hydrogens is 415 g/mol. The molecule has 9 atom stereocenters. The predicted molar refractivity (Wildman–Crippen MR) is 98.1 cm³/mol. The summed E-state index contributed by atoms with van der Waals surface area (Å²) in [6.07, 6.45) is -5.58. The molecule has 0 unspecified atom stereocenters. The van der Waals surface area contributed by atoms with Crippen LogP contribution >= 0.6 is 37.2 Å². The van der Waals surface area contributed by atoms with Crippen molar-refractivity contribution in [3.63, 3.8) is 0 Å². The van der Waals surface area contributed by atoms with Gasteiger partial charge in [0.05, 0.1) is 24.3 Å². The molecule has 1 saturated carbocycles. The molecule has 12 heteroatoms. The summed E-state index contributed by atoms with van der Waals surface area (Å²) in [7, 11) is 3.24. The van der Waals surface area contributed by atoms with Crippen LogP contribution in [0.5, 0.6) is 0 Å². The highest BCUT2D eigenvalue weighted by molar-refractivity contribution is 5.87. The van der Waals surface area contributed by atoms with Gasteiger partial charge in [-0.05, 0) is 21.0 Å². The van der Waals surface area contributed by atoms with Crippen molar-refractivity contribution in [3.05, 3.63) is 0 Å². The number of ketones is 1. The van der Waals surface area contributed by atoms with E-state index in [2.05, 4.69) is 10.6 Å². The van der Waals surface area contributed by atoms with E-state index in [1.807, 2.05) is 0 Å². The van der Waals surface area contributed by atoms with Crippen molar-refractivity contribution in [2.45, 2.75) is 68.0 Å². The maximum absolute atomic E-state index is 12.2. The van der Waals surface area contributed by atoms with Crippen molar-refractivity contribution < 1.29 is 34.3 Å². The van der Waals surface area contributed by atoms with E-state index in [4.69, 9.17) is 14.2 Å². The second kappa shape index (κ2) is 9.62. The normalized spacial score (nSPS) is 47.4. The average molecular weight is 442 g/mol. The average Bonchev–Trinajstić information content (AvgIpc) is 2.49. The second-order valence-corrected chi connectivity index (χ2v) is 6.40. The van der Waals surface area contributed by atoms with E-state index in [-0.39, 0.29) is 43.6 Å². The fraction of sp³-hybridized carbons (Fsp3) is 0.929. The maximum atomic E-state index is 12.2. The Morgan fingerprint density at radius 1 is 1.00 bits per heavy atom. The van der Waals surface area contributed by atoms with E-state index in [1.165, 1.54) is 0 Å². The second-order valence-electron chi connectivity index (χ2n) is 6.40. The van der Waals surface area contributed by atoms with Gasteiger partial charge in [0.25, 0.3) is 5.79 Å². The largest absolute Gasteiger partial charge is 0.390 e.